The second-order valence-corrected chi connectivity index (χ2v) is 7.86. The van der Waals surface area contributed by atoms with Crippen molar-refractivity contribution in [2.75, 3.05) is 19.8 Å². The van der Waals surface area contributed by atoms with Gasteiger partial charge in [-0.05, 0) is 54.1 Å². The monoisotopic (exact) mass is 430 g/mol. The molecular weight excluding hydrogens is 413 g/mol. The number of hydrogen-bond acceptors (Lipinski definition) is 5. The highest BCUT2D eigenvalue weighted by atomic mass is 79.9. The van der Waals surface area contributed by atoms with Gasteiger partial charge in [0.2, 0.25) is 0 Å². The third-order valence-electron chi connectivity index (χ3n) is 3.88. The maximum absolute atomic E-state index is 10.6. The molecule has 10 heteroatoms. The molecule has 0 spiro atoms. The van der Waals surface area contributed by atoms with Gasteiger partial charge in [0.15, 0.2) is 3.92 Å². The number of thiazole rings is 1. The fraction of sp³-hybridized carbons (Fsp3) is 0.714. The molecule has 0 radical (unpaired) electrons. The Balaban J connectivity index is 0.000000256. The molecule has 0 unspecified atom stereocenters. The van der Waals surface area contributed by atoms with E-state index in [1.165, 1.54) is 23.4 Å². The maximum Gasteiger partial charge on any atom is 0.490 e. The number of rotatable bonds is 2. The maximum atomic E-state index is 10.6. The van der Waals surface area contributed by atoms with Crippen LogP contribution in [0.15, 0.2) is 3.92 Å². The average molecular weight is 431 g/mol. The zero-order chi connectivity index (χ0) is 17.7. The summed E-state index contributed by atoms with van der Waals surface area (Å²) in [7, 11) is 0. The third kappa shape index (κ3) is 5.40. The second kappa shape index (κ2) is 8.59. The Morgan fingerprint density at radius 1 is 1.33 bits per heavy atom. The molecule has 1 atom stereocenters. The first-order chi connectivity index (χ1) is 11.3. The van der Waals surface area contributed by atoms with E-state index in [0.29, 0.717) is 12.0 Å². The average Bonchev–Trinajstić information content (AvgIpc) is 3.16. The SMILES string of the molecule is Brc1nc([C@@H]2CCCN2)c(C2CCOCC2)s1.O=C(O)C(F)(F)F. The van der Waals surface area contributed by atoms with Crippen LogP contribution in [0, 0.1) is 0 Å². The molecule has 0 bridgehead atoms. The van der Waals surface area contributed by atoms with E-state index in [1.54, 1.807) is 0 Å². The van der Waals surface area contributed by atoms with Crippen LogP contribution in [0.4, 0.5) is 13.2 Å². The predicted molar refractivity (Wildman–Crippen MR) is 86.3 cm³/mol. The predicted octanol–water partition coefficient (Wildman–Crippen LogP) is 3.86. The number of hydrogen-bond donors (Lipinski definition) is 2. The smallest absolute Gasteiger partial charge is 0.475 e. The summed E-state index contributed by atoms with van der Waals surface area (Å²) >= 11 is 5.36. The Hall–Kier alpha value is -0.710. The minimum atomic E-state index is -5.08. The van der Waals surface area contributed by atoms with Crippen LogP contribution in [0.3, 0.4) is 0 Å². The van der Waals surface area contributed by atoms with Gasteiger partial charge in [-0.25, -0.2) is 9.78 Å². The normalized spacial score (nSPS) is 22.1. The van der Waals surface area contributed by atoms with Gasteiger partial charge in [-0.2, -0.15) is 13.2 Å². The van der Waals surface area contributed by atoms with Gasteiger partial charge >= 0.3 is 12.1 Å². The fourth-order valence-corrected chi connectivity index (χ4v) is 4.47. The highest BCUT2D eigenvalue weighted by Gasteiger charge is 2.38. The number of nitrogens with zero attached hydrogens (tertiary/aromatic N) is 1. The third-order valence-corrected chi connectivity index (χ3v) is 5.56. The van der Waals surface area contributed by atoms with E-state index in [4.69, 9.17) is 19.6 Å². The molecule has 0 aliphatic carbocycles. The van der Waals surface area contributed by atoms with Crippen LogP contribution in [-0.2, 0) is 9.53 Å². The van der Waals surface area contributed by atoms with E-state index in [9.17, 15) is 13.2 Å². The van der Waals surface area contributed by atoms with Crippen LogP contribution in [0.2, 0.25) is 0 Å². The van der Waals surface area contributed by atoms with E-state index in [2.05, 4.69) is 21.2 Å². The molecule has 2 aliphatic heterocycles. The molecule has 0 saturated carbocycles. The van der Waals surface area contributed by atoms with Gasteiger partial charge in [0, 0.05) is 18.1 Å². The molecule has 2 N–H and O–H groups in total. The van der Waals surface area contributed by atoms with E-state index < -0.39 is 12.1 Å². The molecule has 3 rings (SSSR count). The number of nitrogens with one attached hydrogen (secondary N) is 1. The number of carboxylic acid groups (broad SMARTS) is 1. The topological polar surface area (TPSA) is 71.5 Å². The van der Waals surface area contributed by atoms with Gasteiger partial charge in [-0.1, -0.05) is 0 Å². The van der Waals surface area contributed by atoms with Crippen molar-refractivity contribution in [3.8, 4) is 0 Å². The lowest BCUT2D eigenvalue weighted by molar-refractivity contribution is -0.192. The van der Waals surface area contributed by atoms with Crippen molar-refractivity contribution in [2.45, 2.75) is 43.8 Å². The number of carboxylic acids is 1. The minimum absolute atomic E-state index is 0.482. The molecule has 3 heterocycles. The highest BCUT2D eigenvalue weighted by Crippen LogP contribution is 2.39. The van der Waals surface area contributed by atoms with Gasteiger partial charge in [0.05, 0.1) is 11.7 Å². The summed E-state index contributed by atoms with van der Waals surface area (Å²) in [6.07, 6.45) is -0.290. The van der Waals surface area contributed by atoms with Crippen molar-refractivity contribution in [1.29, 1.82) is 0 Å². The Kier molecular flexibility index (Phi) is 7.02. The number of carbonyl (C=O) groups is 1. The lowest BCUT2D eigenvalue weighted by Gasteiger charge is -2.22. The quantitative estimate of drug-likeness (QED) is 0.745. The summed E-state index contributed by atoms with van der Waals surface area (Å²) in [5.41, 5.74) is 1.30. The van der Waals surface area contributed by atoms with E-state index in [0.717, 1.165) is 36.5 Å². The summed E-state index contributed by atoms with van der Waals surface area (Å²) < 4.78 is 38.2. The Morgan fingerprint density at radius 2 is 1.96 bits per heavy atom. The van der Waals surface area contributed by atoms with Crippen molar-refractivity contribution in [1.82, 2.24) is 10.3 Å². The summed E-state index contributed by atoms with van der Waals surface area (Å²) in [6.45, 7) is 2.93. The Labute approximate surface area is 149 Å². The van der Waals surface area contributed by atoms with Gasteiger partial charge in [-0.15, -0.1) is 11.3 Å². The molecule has 5 nitrogen and oxygen atoms in total. The van der Waals surface area contributed by atoms with E-state index in [-0.39, 0.29) is 0 Å². The molecule has 2 aliphatic rings. The molecular formula is C14H18BrF3N2O3S. The summed E-state index contributed by atoms with van der Waals surface area (Å²) in [5.74, 6) is -2.10. The zero-order valence-electron chi connectivity index (χ0n) is 12.7. The molecule has 2 saturated heterocycles. The van der Waals surface area contributed by atoms with Crippen LogP contribution in [0.25, 0.3) is 0 Å². The van der Waals surface area contributed by atoms with Crippen molar-refractivity contribution in [3.63, 3.8) is 0 Å². The molecule has 1 aromatic heterocycles. The fourth-order valence-electron chi connectivity index (χ4n) is 2.74. The standard InChI is InChI=1S/C12H17BrN2OS.C2HF3O2/c13-12-15-10(9-2-1-5-14-9)11(17-12)8-3-6-16-7-4-8;3-2(4,5)1(6)7/h8-9,14H,1-7H2;(H,6,7)/t9-;/m0./s1. The van der Waals surface area contributed by atoms with Crippen molar-refractivity contribution in [2.24, 2.45) is 0 Å². The molecule has 0 aromatic carbocycles. The van der Waals surface area contributed by atoms with Gasteiger partial charge in [0.25, 0.3) is 0 Å². The number of aliphatic carboxylic acids is 1. The number of alkyl halides is 3. The first-order valence-corrected chi connectivity index (χ1v) is 9.17. The van der Waals surface area contributed by atoms with Gasteiger partial charge in [-0.3, -0.25) is 0 Å². The molecule has 136 valence electrons. The lowest BCUT2D eigenvalue weighted by Crippen LogP contribution is -2.21. The summed E-state index contributed by atoms with van der Waals surface area (Å²) in [5, 5.41) is 10.7. The number of aromatic nitrogens is 1. The number of halogens is 4. The molecule has 2 fully saturated rings. The zero-order valence-corrected chi connectivity index (χ0v) is 15.1. The van der Waals surface area contributed by atoms with Gasteiger partial charge in [0.1, 0.15) is 0 Å². The van der Waals surface area contributed by atoms with Crippen molar-refractivity contribution in [3.05, 3.63) is 14.5 Å². The van der Waals surface area contributed by atoms with Gasteiger partial charge < -0.3 is 15.2 Å². The van der Waals surface area contributed by atoms with Crippen LogP contribution in [-0.4, -0.2) is 42.0 Å². The van der Waals surface area contributed by atoms with Crippen molar-refractivity contribution >= 4 is 33.2 Å². The Bertz CT molecular complexity index is 556. The van der Waals surface area contributed by atoms with E-state index >= 15 is 0 Å². The highest BCUT2D eigenvalue weighted by molar-refractivity contribution is 9.11. The lowest BCUT2D eigenvalue weighted by atomic mass is 9.95. The van der Waals surface area contributed by atoms with Crippen LogP contribution in [0.5, 0.6) is 0 Å². The van der Waals surface area contributed by atoms with E-state index in [1.807, 2.05) is 11.3 Å². The first kappa shape index (κ1) is 19.6. The second-order valence-electron chi connectivity index (χ2n) is 5.55. The number of ether oxygens (including phenoxy) is 1. The molecule has 0 amide bonds. The molecule has 1 aromatic rings. The largest absolute Gasteiger partial charge is 0.490 e. The summed E-state index contributed by atoms with van der Waals surface area (Å²) in [6, 6.07) is 0.482. The molecule has 24 heavy (non-hydrogen) atoms. The Morgan fingerprint density at radius 3 is 2.46 bits per heavy atom. The minimum Gasteiger partial charge on any atom is -0.475 e. The first-order valence-electron chi connectivity index (χ1n) is 7.56. The summed E-state index contributed by atoms with van der Waals surface area (Å²) in [4.78, 5) is 15.1. The van der Waals surface area contributed by atoms with Crippen molar-refractivity contribution < 1.29 is 27.8 Å². The van der Waals surface area contributed by atoms with Crippen LogP contribution >= 0.6 is 27.3 Å². The van der Waals surface area contributed by atoms with Crippen LogP contribution in [0.1, 0.15) is 48.2 Å². The van der Waals surface area contributed by atoms with Crippen LogP contribution < -0.4 is 5.32 Å².